The van der Waals surface area contributed by atoms with Crippen molar-refractivity contribution in [2.24, 2.45) is 0 Å². The van der Waals surface area contributed by atoms with Crippen LogP contribution in [0, 0.1) is 18.2 Å². The van der Waals surface area contributed by atoms with Gasteiger partial charge in [0, 0.05) is 11.1 Å². The lowest BCUT2D eigenvalue weighted by Gasteiger charge is -2.06. The molecule has 1 heterocycles. The molecule has 0 radical (unpaired) electrons. The second-order valence-corrected chi connectivity index (χ2v) is 3.97. The van der Waals surface area contributed by atoms with Crippen LogP contribution >= 0.6 is 0 Å². The molecule has 0 aliphatic heterocycles. The van der Waals surface area contributed by atoms with Crippen LogP contribution in [-0.2, 0) is 4.74 Å². The van der Waals surface area contributed by atoms with Crippen molar-refractivity contribution in [3.8, 4) is 23.6 Å². The number of halogens is 1. The number of nitrogens with zero attached hydrogens (tertiary/aromatic N) is 1. The summed E-state index contributed by atoms with van der Waals surface area (Å²) in [6, 6.07) is 9.06. The molecule has 2 aromatic rings. The van der Waals surface area contributed by atoms with Gasteiger partial charge in [0.1, 0.15) is 11.5 Å². The SMILES string of the molecule is C#Cc1ccc(F)c(-c2cccc(C(=O)OCC)n2)c1. The predicted molar refractivity (Wildman–Crippen MR) is 73.5 cm³/mol. The van der Waals surface area contributed by atoms with Crippen LogP contribution in [0.3, 0.4) is 0 Å². The van der Waals surface area contributed by atoms with Crippen LogP contribution in [0.25, 0.3) is 11.3 Å². The zero-order chi connectivity index (χ0) is 14.5. The normalized spacial score (nSPS) is 9.85. The van der Waals surface area contributed by atoms with Crippen LogP contribution < -0.4 is 0 Å². The molecule has 1 aromatic carbocycles. The molecule has 3 nitrogen and oxygen atoms in total. The van der Waals surface area contributed by atoms with Gasteiger partial charge in [-0.25, -0.2) is 14.2 Å². The minimum Gasteiger partial charge on any atom is -0.461 e. The van der Waals surface area contributed by atoms with Gasteiger partial charge in [0.2, 0.25) is 0 Å². The Bertz CT molecular complexity index is 689. The Labute approximate surface area is 116 Å². The fourth-order valence-electron chi connectivity index (χ4n) is 1.71. The lowest BCUT2D eigenvalue weighted by atomic mass is 10.1. The van der Waals surface area contributed by atoms with Gasteiger partial charge in [-0.3, -0.25) is 0 Å². The third kappa shape index (κ3) is 2.83. The minimum atomic E-state index is -0.539. The van der Waals surface area contributed by atoms with Gasteiger partial charge in [0.15, 0.2) is 0 Å². The number of benzene rings is 1. The van der Waals surface area contributed by atoms with Crippen molar-refractivity contribution in [2.75, 3.05) is 6.61 Å². The number of ether oxygens (including phenoxy) is 1. The molecule has 0 aliphatic carbocycles. The Morgan fingerprint density at radius 2 is 2.20 bits per heavy atom. The summed E-state index contributed by atoms with van der Waals surface area (Å²) >= 11 is 0. The van der Waals surface area contributed by atoms with Crippen LogP contribution in [0.4, 0.5) is 4.39 Å². The maximum atomic E-state index is 13.8. The number of terminal acetylenes is 1. The molecule has 2 rings (SSSR count). The molecule has 0 saturated carbocycles. The Hall–Kier alpha value is -2.67. The van der Waals surface area contributed by atoms with Crippen LogP contribution in [0.15, 0.2) is 36.4 Å². The lowest BCUT2D eigenvalue weighted by Crippen LogP contribution is -2.07. The number of carbonyl (C=O) groups excluding carboxylic acids is 1. The van der Waals surface area contributed by atoms with E-state index in [4.69, 9.17) is 11.2 Å². The van der Waals surface area contributed by atoms with Crippen LogP contribution in [0.5, 0.6) is 0 Å². The van der Waals surface area contributed by atoms with Gasteiger partial charge < -0.3 is 4.74 Å². The summed E-state index contributed by atoms with van der Waals surface area (Å²) < 4.78 is 18.7. The van der Waals surface area contributed by atoms with Crippen molar-refractivity contribution in [2.45, 2.75) is 6.92 Å². The molecule has 1 aromatic heterocycles. The summed E-state index contributed by atoms with van der Waals surface area (Å²) in [5.41, 5.74) is 1.27. The number of rotatable bonds is 3. The summed E-state index contributed by atoms with van der Waals surface area (Å²) in [4.78, 5) is 15.7. The Morgan fingerprint density at radius 3 is 2.90 bits per heavy atom. The molecular weight excluding hydrogens is 257 g/mol. The van der Waals surface area contributed by atoms with Crippen molar-refractivity contribution >= 4 is 5.97 Å². The summed E-state index contributed by atoms with van der Waals surface area (Å²) in [5.74, 6) is 1.45. The molecule has 0 unspecified atom stereocenters. The topological polar surface area (TPSA) is 39.2 Å². The largest absolute Gasteiger partial charge is 0.461 e. The predicted octanol–water partition coefficient (Wildman–Crippen LogP) is 3.05. The molecule has 0 fully saturated rings. The molecule has 0 atom stereocenters. The van der Waals surface area contributed by atoms with E-state index in [1.54, 1.807) is 19.1 Å². The highest BCUT2D eigenvalue weighted by molar-refractivity contribution is 5.88. The maximum Gasteiger partial charge on any atom is 0.356 e. The second kappa shape index (κ2) is 5.98. The second-order valence-electron chi connectivity index (χ2n) is 3.97. The van der Waals surface area contributed by atoms with E-state index in [2.05, 4.69) is 10.9 Å². The zero-order valence-electron chi connectivity index (χ0n) is 10.9. The van der Waals surface area contributed by atoms with Crippen LogP contribution in [-0.4, -0.2) is 17.6 Å². The van der Waals surface area contributed by atoms with Crippen molar-refractivity contribution < 1.29 is 13.9 Å². The van der Waals surface area contributed by atoms with E-state index >= 15 is 0 Å². The van der Waals surface area contributed by atoms with Crippen LogP contribution in [0.1, 0.15) is 23.0 Å². The first-order valence-corrected chi connectivity index (χ1v) is 6.06. The quantitative estimate of drug-likeness (QED) is 0.635. The average Bonchev–Trinajstić information content (AvgIpc) is 2.48. The maximum absolute atomic E-state index is 13.8. The minimum absolute atomic E-state index is 0.134. The standard InChI is InChI=1S/C16H12FNO2/c1-3-11-8-9-13(17)12(10-11)14-6-5-7-15(18-14)16(19)20-4-2/h1,5-10H,4H2,2H3. The molecule has 4 heteroatoms. The molecule has 0 aliphatic rings. The summed E-state index contributed by atoms with van der Waals surface area (Å²) in [6.07, 6.45) is 5.30. The first-order valence-electron chi connectivity index (χ1n) is 6.06. The Kier molecular flexibility index (Phi) is 4.11. The first-order chi connectivity index (χ1) is 9.65. The fourth-order valence-corrected chi connectivity index (χ4v) is 1.71. The van der Waals surface area contributed by atoms with E-state index in [-0.39, 0.29) is 17.9 Å². The molecule has 0 N–H and O–H groups in total. The van der Waals surface area contributed by atoms with E-state index in [1.807, 2.05) is 0 Å². The van der Waals surface area contributed by atoms with Crippen molar-refractivity contribution in [1.82, 2.24) is 4.98 Å². The van der Waals surface area contributed by atoms with E-state index in [0.717, 1.165) is 0 Å². The molecule has 0 bridgehead atoms. The molecule has 0 saturated heterocycles. The smallest absolute Gasteiger partial charge is 0.356 e. The third-order valence-corrected chi connectivity index (χ3v) is 2.64. The van der Waals surface area contributed by atoms with Crippen molar-refractivity contribution in [1.29, 1.82) is 0 Å². The summed E-state index contributed by atoms with van der Waals surface area (Å²) in [5, 5.41) is 0. The third-order valence-electron chi connectivity index (χ3n) is 2.64. The molecule has 100 valence electrons. The number of aromatic nitrogens is 1. The zero-order valence-corrected chi connectivity index (χ0v) is 10.9. The lowest BCUT2D eigenvalue weighted by molar-refractivity contribution is 0.0519. The van der Waals surface area contributed by atoms with Gasteiger partial charge in [0.25, 0.3) is 0 Å². The number of pyridine rings is 1. The highest BCUT2D eigenvalue weighted by atomic mass is 19.1. The number of carbonyl (C=O) groups is 1. The first kappa shape index (κ1) is 13.8. The summed E-state index contributed by atoms with van der Waals surface area (Å²) in [6.45, 7) is 1.96. The van der Waals surface area contributed by atoms with Gasteiger partial charge >= 0.3 is 5.97 Å². The Morgan fingerprint density at radius 1 is 1.40 bits per heavy atom. The van der Waals surface area contributed by atoms with Gasteiger partial charge in [-0.1, -0.05) is 12.0 Å². The fraction of sp³-hybridized carbons (Fsp3) is 0.125. The number of hydrogen-bond donors (Lipinski definition) is 0. The summed E-state index contributed by atoms with van der Waals surface area (Å²) in [7, 11) is 0. The van der Waals surface area contributed by atoms with Crippen molar-refractivity contribution in [3.63, 3.8) is 0 Å². The molecule has 0 spiro atoms. The van der Waals surface area contributed by atoms with Gasteiger partial charge in [-0.2, -0.15) is 0 Å². The van der Waals surface area contributed by atoms with Gasteiger partial charge in [-0.15, -0.1) is 6.42 Å². The van der Waals surface area contributed by atoms with Gasteiger partial charge in [0.05, 0.1) is 12.3 Å². The molecule has 0 amide bonds. The van der Waals surface area contributed by atoms with Gasteiger partial charge in [-0.05, 0) is 37.3 Å². The monoisotopic (exact) mass is 269 g/mol. The average molecular weight is 269 g/mol. The van der Waals surface area contributed by atoms with E-state index in [9.17, 15) is 9.18 Å². The van der Waals surface area contributed by atoms with Crippen LogP contribution in [0.2, 0.25) is 0 Å². The number of esters is 1. The molecular formula is C16H12FNO2. The van der Waals surface area contributed by atoms with Crippen molar-refractivity contribution in [3.05, 3.63) is 53.5 Å². The Balaban J connectivity index is 2.46. The molecule has 20 heavy (non-hydrogen) atoms. The number of hydrogen-bond acceptors (Lipinski definition) is 3. The highest BCUT2D eigenvalue weighted by Crippen LogP contribution is 2.22. The van der Waals surface area contributed by atoms with E-state index in [1.165, 1.54) is 24.3 Å². The van der Waals surface area contributed by atoms with E-state index < -0.39 is 11.8 Å². The van der Waals surface area contributed by atoms with E-state index in [0.29, 0.717) is 11.3 Å². The highest BCUT2D eigenvalue weighted by Gasteiger charge is 2.12.